The van der Waals surface area contributed by atoms with Crippen molar-refractivity contribution in [3.8, 4) is 5.75 Å². The SMILES string of the molecule is CC(C)(CCO)NC(=O)c1ncccc1O. The summed E-state index contributed by atoms with van der Waals surface area (Å²) in [7, 11) is 0. The molecule has 1 amide bonds. The molecule has 5 heteroatoms. The van der Waals surface area contributed by atoms with E-state index in [1.807, 2.05) is 0 Å². The Morgan fingerprint density at radius 2 is 2.25 bits per heavy atom. The van der Waals surface area contributed by atoms with Crippen molar-refractivity contribution in [2.24, 2.45) is 0 Å². The lowest BCUT2D eigenvalue weighted by molar-refractivity contribution is 0.0891. The van der Waals surface area contributed by atoms with E-state index in [2.05, 4.69) is 10.3 Å². The Morgan fingerprint density at radius 1 is 1.56 bits per heavy atom. The molecule has 1 aromatic heterocycles. The molecule has 1 rings (SSSR count). The number of carbonyl (C=O) groups is 1. The monoisotopic (exact) mass is 224 g/mol. The van der Waals surface area contributed by atoms with Crippen LogP contribution in [0.5, 0.6) is 5.75 Å². The molecule has 1 heterocycles. The molecule has 1 aromatic rings. The van der Waals surface area contributed by atoms with Gasteiger partial charge < -0.3 is 15.5 Å². The lowest BCUT2D eigenvalue weighted by atomic mass is 10.0. The van der Waals surface area contributed by atoms with Gasteiger partial charge in [0, 0.05) is 18.3 Å². The Morgan fingerprint density at radius 3 is 2.81 bits per heavy atom. The summed E-state index contributed by atoms with van der Waals surface area (Å²) in [5.41, 5.74) is -0.538. The third-order valence-electron chi connectivity index (χ3n) is 2.19. The predicted molar refractivity (Wildman–Crippen MR) is 59.1 cm³/mol. The van der Waals surface area contributed by atoms with Crippen LogP contribution in [0.4, 0.5) is 0 Å². The highest BCUT2D eigenvalue weighted by Crippen LogP contribution is 2.15. The van der Waals surface area contributed by atoms with Crippen molar-refractivity contribution in [3.05, 3.63) is 24.0 Å². The van der Waals surface area contributed by atoms with Gasteiger partial charge in [0.2, 0.25) is 0 Å². The Balaban J connectivity index is 2.77. The van der Waals surface area contributed by atoms with Crippen molar-refractivity contribution in [1.29, 1.82) is 0 Å². The van der Waals surface area contributed by atoms with Crippen LogP contribution in [0.15, 0.2) is 18.3 Å². The zero-order chi connectivity index (χ0) is 12.2. The first-order valence-corrected chi connectivity index (χ1v) is 5.03. The van der Waals surface area contributed by atoms with Crippen molar-refractivity contribution >= 4 is 5.91 Å². The molecular formula is C11H16N2O3. The second kappa shape index (κ2) is 4.94. The lowest BCUT2D eigenvalue weighted by Gasteiger charge is -2.25. The molecule has 16 heavy (non-hydrogen) atoms. The Hall–Kier alpha value is -1.62. The number of aromatic hydroxyl groups is 1. The van der Waals surface area contributed by atoms with Gasteiger partial charge in [-0.25, -0.2) is 4.98 Å². The number of rotatable bonds is 4. The minimum Gasteiger partial charge on any atom is -0.505 e. The maximum atomic E-state index is 11.7. The molecule has 0 spiro atoms. The van der Waals surface area contributed by atoms with E-state index < -0.39 is 11.4 Å². The fraction of sp³-hybridized carbons (Fsp3) is 0.455. The molecule has 88 valence electrons. The van der Waals surface area contributed by atoms with Crippen LogP contribution < -0.4 is 5.32 Å². The van der Waals surface area contributed by atoms with Gasteiger partial charge in [-0.05, 0) is 32.4 Å². The minimum absolute atomic E-state index is 0.00600. The first kappa shape index (κ1) is 12.4. The average molecular weight is 224 g/mol. The number of amides is 1. The van der Waals surface area contributed by atoms with E-state index in [4.69, 9.17) is 5.11 Å². The highest BCUT2D eigenvalue weighted by molar-refractivity contribution is 5.95. The summed E-state index contributed by atoms with van der Waals surface area (Å²) in [4.78, 5) is 15.5. The van der Waals surface area contributed by atoms with E-state index in [0.717, 1.165) is 0 Å². The molecule has 0 atom stereocenters. The maximum Gasteiger partial charge on any atom is 0.274 e. The molecule has 0 saturated heterocycles. The summed E-state index contributed by atoms with van der Waals surface area (Å²) >= 11 is 0. The van der Waals surface area contributed by atoms with Gasteiger partial charge in [-0.2, -0.15) is 0 Å². The number of hydrogen-bond acceptors (Lipinski definition) is 4. The van der Waals surface area contributed by atoms with Crippen LogP contribution in [0.3, 0.4) is 0 Å². The fourth-order valence-electron chi connectivity index (χ4n) is 1.28. The van der Waals surface area contributed by atoms with E-state index in [0.29, 0.717) is 6.42 Å². The number of nitrogens with one attached hydrogen (secondary N) is 1. The number of hydrogen-bond donors (Lipinski definition) is 3. The van der Waals surface area contributed by atoms with Crippen LogP contribution >= 0.6 is 0 Å². The van der Waals surface area contributed by atoms with E-state index in [1.165, 1.54) is 12.3 Å². The predicted octanol–water partition coefficient (Wildman–Crippen LogP) is 0.678. The number of aliphatic hydroxyl groups excluding tert-OH is 1. The van der Waals surface area contributed by atoms with Gasteiger partial charge in [0.05, 0.1) is 0 Å². The minimum atomic E-state index is -0.532. The average Bonchev–Trinajstić information content (AvgIpc) is 2.17. The molecule has 0 saturated carbocycles. The molecule has 0 bridgehead atoms. The Kier molecular flexibility index (Phi) is 3.84. The van der Waals surface area contributed by atoms with E-state index in [1.54, 1.807) is 19.9 Å². The summed E-state index contributed by atoms with van der Waals surface area (Å²) in [5.74, 6) is -0.601. The van der Waals surface area contributed by atoms with Crippen LogP contribution in [0, 0.1) is 0 Å². The zero-order valence-corrected chi connectivity index (χ0v) is 9.40. The molecule has 0 aromatic carbocycles. The number of aromatic nitrogens is 1. The summed E-state index contributed by atoms with van der Waals surface area (Å²) in [6.07, 6.45) is 1.88. The first-order valence-electron chi connectivity index (χ1n) is 5.03. The maximum absolute atomic E-state index is 11.7. The molecule has 5 nitrogen and oxygen atoms in total. The quantitative estimate of drug-likeness (QED) is 0.702. The van der Waals surface area contributed by atoms with Crippen molar-refractivity contribution in [3.63, 3.8) is 0 Å². The summed E-state index contributed by atoms with van der Waals surface area (Å²) in [6.45, 7) is 3.57. The molecule has 3 N–H and O–H groups in total. The van der Waals surface area contributed by atoms with E-state index >= 15 is 0 Å². The van der Waals surface area contributed by atoms with Gasteiger partial charge in [0.15, 0.2) is 5.69 Å². The molecule has 0 radical (unpaired) electrons. The van der Waals surface area contributed by atoms with Crippen LogP contribution in [0.1, 0.15) is 30.8 Å². The smallest absolute Gasteiger partial charge is 0.274 e. The second-order valence-corrected chi connectivity index (χ2v) is 4.18. The van der Waals surface area contributed by atoms with E-state index in [-0.39, 0.29) is 18.1 Å². The first-order chi connectivity index (χ1) is 7.46. The van der Waals surface area contributed by atoms with Crippen LogP contribution in [0.2, 0.25) is 0 Å². The van der Waals surface area contributed by atoms with Gasteiger partial charge in [0.25, 0.3) is 5.91 Å². The standard InChI is InChI=1S/C11H16N2O3/c1-11(2,5-7-14)13-10(16)9-8(15)4-3-6-12-9/h3-4,6,14-15H,5,7H2,1-2H3,(H,13,16). The third kappa shape index (κ3) is 3.20. The van der Waals surface area contributed by atoms with Crippen molar-refractivity contribution < 1.29 is 15.0 Å². The Labute approximate surface area is 94.1 Å². The topological polar surface area (TPSA) is 82.5 Å². The lowest BCUT2D eigenvalue weighted by Crippen LogP contribution is -2.44. The summed E-state index contributed by atoms with van der Waals surface area (Å²) in [6, 6.07) is 2.95. The number of carbonyl (C=O) groups excluding carboxylic acids is 1. The second-order valence-electron chi connectivity index (χ2n) is 4.18. The molecule has 0 aliphatic heterocycles. The van der Waals surface area contributed by atoms with Crippen molar-refractivity contribution in [2.45, 2.75) is 25.8 Å². The highest BCUT2D eigenvalue weighted by Gasteiger charge is 2.22. The van der Waals surface area contributed by atoms with Crippen molar-refractivity contribution in [1.82, 2.24) is 10.3 Å². The van der Waals surface area contributed by atoms with Gasteiger partial charge in [-0.1, -0.05) is 0 Å². The van der Waals surface area contributed by atoms with Crippen LogP contribution in [-0.4, -0.2) is 33.3 Å². The van der Waals surface area contributed by atoms with Gasteiger partial charge >= 0.3 is 0 Å². The van der Waals surface area contributed by atoms with Gasteiger partial charge in [-0.15, -0.1) is 0 Å². The number of pyridine rings is 1. The van der Waals surface area contributed by atoms with Crippen LogP contribution in [0.25, 0.3) is 0 Å². The zero-order valence-electron chi connectivity index (χ0n) is 9.40. The van der Waals surface area contributed by atoms with Gasteiger partial charge in [0.1, 0.15) is 5.75 Å². The third-order valence-corrected chi connectivity index (χ3v) is 2.19. The highest BCUT2D eigenvalue weighted by atomic mass is 16.3. The number of nitrogens with zero attached hydrogens (tertiary/aromatic N) is 1. The molecule has 0 unspecified atom stereocenters. The fourth-order valence-corrected chi connectivity index (χ4v) is 1.28. The Bertz CT molecular complexity index is 377. The number of aliphatic hydroxyl groups is 1. The molecule has 0 aliphatic rings. The largest absolute Gasteiger partial charge is 0.505 e. The van der Waals surface area contributed by atoms with E-state index in [9.17, 15) is 9.90 Å². The summed E-state index contributed by atoms with van der Waals surface area (Å²) in [5, 5.41) is 21.0. The van der Waals surface area contributed by atoms with Crippen molar-refractivity contribution in [2.75, 3.05) is 6.61 Å². The molecular weight excluding hydrogens is 208 g/mol. The molecule has 0 aliphatic carbocycles. The summed E-state index contributed by atoms with van der Waals surface area (Å²) < 4.78 is 0. The molecule has 0 fully saturated rings. The van der Waals surface area contributed by atoms with Crippen LogP contribution in [-0.2, 0) is 0 Å². The normalized spacial score (nSPS) is 11.2. The van der Waals surface area contributed by atoms with Gasteiger partial charge in [-0.3, -0.25) is 4.79 Å².